The molecule has 0 aliphatic carbocycles. The van der Waals surface area contributed by atoms with Crippen LogP contribution in [-0.4, -0.2) is 26.5 Å². The Bertz CT molecular complexity index is 558. The topological polar surface area (TPSA) is 98.8 Å². The molecule has 2 aromatic heterocycles. The minimum Gasteiger partial charge on any atom is -0.464 e. The highest BCUT2D eigenvalue weighted by Gasteiger charge is 2.12. The number of nitrogens with one attached hydrogen (secondary N) is 1. The van der Waals surface area contributed by atoms with E-state index < -0.39 is 0 Å². The van der Waals surface area contributed by atoms with E-state index in [4.69, 9.17) is 10.5 Å². The van der Waals surface area contributed by atoms with Crippen LogP contribution in [0.25, 0.3) is 0 Å². The minimum atomic E-state index is -0.00465. The number of aryl methyl sites for hydroxylation is 1. The third-order valence-electron chi connectivity index (χ3n) is 2.26. The van der Waals surface area contributed by atoms with Crippen molar-refractivity contribution in [2.45, 2.75) is 26.8 Å². The number of anilines is 2. The predicted octanol–water partition coefficient (Wildman–Crippen LogP) is 1.79. The molecular formula is C11H16N6OS. The summed E-state index contributed by atoms with van der Waals surface area (Å²) in [6.07, 6.45) is 1.84. The maximum absolute atomic E-state index is 5.61. The molecule has 0 amide bonds. The Morgan fingerprint density at radius 3 is 2.84 bits per heavy atom. The Morgan fingerprint density at radius 1 is 1.42 bits per heavy atom. The zero-order chi connectivity index (χ0) is 13.8. The van der Waals surface area contributed by atoms with E-state index in [2.05, 4.69) is 25.3 Å². The number of nitrogens with zero attached hydrogens (tertiary/aromatic N) is 4. The lowest BCUT2D eigenvalue weighted by atomic mass is 10.4. The first kappa shape index (κ1) is 13.5. The molecule has 2 rings (SSSR count). The van der Waals surface area contributed by atoms with Crippen molar-refractivity contribution in [3.63, 3.8) is 0 Å². The fourth-order valence-electron chi connectivity index (χ4n) is 1.46. The second kappa shape index (κ2) is 5.79. The molecular weight excluding hydrogens is 264 g/mol. The molecule has 19 heavy (non-hydrogen) atoms. The second-order valence-corrected chi connectivity index (χ2v) is 5.17. The zero-order valence-electron chi connectivity index (χ0n) is 11.0. The number of nitrogens with two attached hydrogens (primary N) is 1. The average molecular weight is 280 g/mol. The fourth-order valence-corrected chi connectivity index (χ4v) is 2.23. The van der Waals surface area contributed by atoms with Crippen LogP contribution in [0, 0.1) is 6.92 Å². The summed E-state index contributed by atoms with van der Waals surface area (Å²) >= 11 is 1.63. The highest BCUT2D eigenvalue weighted by atomic mass is 32.1. The summed E-state index contributed by atoms with van der Waals surface area (Å²) in [5, 5.41) is 4.10. The molecule has 7 nitrogen and oxygen atoms in total. The van der Waals surface area contributed by atoms with Gasteiger partial charge in [-0.25, -0.2) is 4.98 Å². The SMILES string of the molecule is CCOc1nc(N)nc(NC(C)c2ncc(C)s2)n1. The Morgan fingerprint density at radius 2 is 2.21 bits per heavy atom. The highest BCUT2D eigenvalue weighted by molar-refractivity contribution is 7.11. The van der Waals surface area contributed by atoms with Crippen molar-refractivity contribution in [1.29, 1.82) is 0 Å². The van der Waals surface area contributed by atoms with Crippen molar-refractivity contribution in [2.75, 3.05) is 17.7 Å². The van der Waals surface area contributed by atoms with Crippen LogP contribution in [0.15, 0.2) is 6.20 Å². The molecule has 2 heterocycles. The lowest BCUT2D eigenvalue weighted by Gasteiger charge is -2.11. The highest BCUT2D eigenvalue weighted by Crippen LogP contribution is 2.22. The number of hydrogen-bond donors (Lipinski definition) is 2. The Labute approximate surface area is 115 Å². The van der Waals surface area contributed by atoms with E-state index in [9.17, 15) is 0 Å². The number of aromatic nitrogens is 4. The van der Waals surface area contributed by atoms with Crippen LogP contribution < -0.4 is 15.8 Å². The van der Waals surface area contributed by atoms with Crippen molar-refractivity contribution < 1.29 is 4.74 Å². The van der Waals surface area contributed by atoms with Gasteiger partial charge in [0, 0.05) is 11.1 Å². The van der Waals surface area contributed by atoms with Gasteiger partial charge in [-0.1, -0.05) is 0 Å². The van der Waals surface area contributed by atoms with Crippen molar-refractivity contribution in [2.24, 2.45) is 0 Å². The summed E-state index contributed by atoms with van der Waals surface area (Å²) in [7, 11) is 0. The van der Waals surface area contributed by atoms with Crippen molar-refractivity contribution >= 4 is 23.2 Å². The molecule has 2 aromatic rings. The van der Waals surface area contributed by atoms with Gasteiger partial charge in [-0.2, -0.15) is 15.0 Å². The van der Waals surface area contributed by atoms with E-state index in [-0.39, 0.29) is 18.0 Å². The van der Waals surface area contributed by atoms with E-state index in [0.717, 1.165) is 9.88 Å². The van der Waals surface area contributed by atoms with Gasteiger partial charge in [-0.05, 0) is 20.8 Å². The van der Waals surface area contributed by atoms with E-state index >= 15 is 0 Å². The van der Waals surface area contributed by atoms with Crippen molar-refractivity contribution in [3.05, 3.63) is 16.1 Å². The first-order chi connectivity index (χ1) is 9.08. The first-order valence-corrected chi connectivity index (χ1v) is 6.73. The summed E-state index contributed by atoms with van der Waals surface area (Å²) < 4.78 is 5.22. The molecule has 0 aliphatic heterocycles. The molecule has 3 N–H and O–H groups in total. The van der Waals surface area contributed by atoms with E-state index in [0.29, 0.717) is 12.6 Å². The zero-order valence-corrected chi connectivity index (χ0v) is 11.9. The second-order valence-electron chi connectivity index (χ2n) is 3.91. The molecule has 1 atom stereocenters. The molecule has 0 saturated heterocycles. The molecule has 1 unspecified atom stereocenters. The lowest BCUT2D eigenvalue weighted by molar-refractivity contribution is 0.312. The standard InChI is InChI=1S/C11H16N6OS/c1-4-18-11-16-9(12)15-10(17-11)14-7(3)8-13-5-6(2)19-8/h5,7H,4H2,1-3H3,(H3,12,14,15,16,17). The number of thiazole rings is 1. The van der Waals surface area contributed by atoms with Gasteiger partial charge in [-0.15, -0.1) is 11.3 Å². The van der Waals surface area contributed by atoms with Gasteiger partial charge in [0.05, 0.1) is 12.6 Å². The van der Waals surface area contributed by atoms with Gasteiger partial charge in [0.1, 0.15) is 5.01 Å². The Balaban J connectivity index is 2.14. The van der Waals surface area contributed by atoms with Gasteiger partial charge >= 0.3 is 6.01 Å². The molecule has 0 saturated carbocycles. The van der Waals surface area contributed by atoms with E-state index in [1.807, 2.05) is 27.0 Å². The fraction of sp³-hybridized carbons (Fsp3) is 0.455. The number of nitrogen functional groups attached to an aromatic ring is 1. The molecule has 0 aromatic carbocycles. The smallest absolute Gasteiger partial charge is 0.323 e. The average Bonchev–Trinajstić information content (AvgIpc) is 2.75. The molecule has 0 spiro atoms. The minimum absolute atomic E-state index is 0.00465. The normalized spacial score (nSPS) is 12.2. The van der Waals surface area contributed by atoms with Crippen LogP contribution in [0.5, 0.6) is 6.01 Å². The summed E-state index contributed by atoms with van der Waals surface area (Å²) in [5.74, 6) is 0.514. The summed E-state index contributed by atoms with van der Waals surface area (Å²) in [4.78, 5) is 17.5. The monoisotopic (exact) mass is 280 g/mol. The number of hydrogen-bond acceptors (Lipinski definition) is 8. The van der Waals surface area contributed by atoms with Gasteiger partial charge in [0.2, 0.25) is 11.9 Å². The first-order valence-electron chi connectivity index (χ1n) is 5.91. The van der Waals surface area contributed by atoms with Gasteiger partial charge in [0.15, 0.2) is 0 Å². The van der Waals surface area contributed by atoms with E-state index in [1.165, 1.54) is 0 Å². The predicted molar refractivity (Wildman–Crippen MR) is 74.3 cm³/mol. The summed E-state index contributed by atoms with van der Waals surface area (Å²) in [5.41, 5.74) is 5.61. The van der Waals surface area contributed by atoms with Crippen LogP contribution in [0.4, 0.5) is 11.9 Å². The van der Waals surface area contributed by atoms with Crippen molar-refractivity contribution in [3.8, 4) is 6.01 Å². The maximum atomic E-state index is 5.61. The lowest BCUT2D eigenvalue weighted by Crippen LogP contribution is -2.12. The van der Waals surface area contributed by atoms with E-state index in [1.54, 1.807) is 11.3 Å². The number of rotatable bonds is 5. The maximum Gasteiger partial charge on any atom is 0.323 e. The third kappa shape index (κ3) is 3.50. The summed E-state index contributed by atoms with van der Waals surface area (Å²) in [6, 6.07) is 0.218. The largest absolute Gasteiger partial charge is 0.464 e. The van der Waals surface area contributed by atoms with Crippen LogP contribution in [0.2, 0.25) is 0 Å². The van der Waals surface area contributed by atoms with Crippen LogP contribution in [0.3, 0.4) is 0 Å². The third-order valence-corrected chi connectivity index (χ3v) is 3.36. The Kier molecular flexibility index (Phi) is 4.10. The molecule has 0 fully saturated rings. The summed E-state index contributed by atoms with van der Waals surface area (Å²) in [6.45, 7) is 6.33. The molecule has 8 heteroatoms. The van der Waals surface area contributed by atoms with Gasteiger partial charge in [0.25, 0.3) is 0 Å². The molecule has 0 aliphatic rings. The van der Waals surface area contributed by atoms with Crippen LogP contribution in [-0.2, 0) is 0 Å². The molecule has 102 valence electrons. The number of ether oxygens (including phenoxy) is 1. The van der Waals surface area contributed by atoms with Crippen molar-refractivity contribution in [1.82, 2.24) is 19.9 Å². The van der Waals surface area contributed by atoms with Gasteiger partial charge < -0.3 is 15.8 Å². The molecule has 0 bridgehead atoms. The molecule has 0 radical (unpaired) electrons. The van der Waals surface area contributed by atoms with Crippen LogP contribution in [0.1, 0.15) is 29.8 Å². The quantitative estimate of drug-likeness (QED) is 0.861. The Hall–Kier alpha value is -1.96. The van der Waals surface area contributed by atoms with Gasteiger partial charge in [-0.3, -0.25) is 0 Å². The van der Waals surface area contributed by atoms with Crippen LogP contribution >= 0.6 is 11.3 Å².